The van der Waals surface area contributed by atoms with Gasteiger partial charge in [0.25, 0.3) is 0 Å². The van der Waals surface area contributed by atoms with E-state index in [0.717, 1.165) is 12.8 Å². The Morgan fingerprint density at radius 2 is 2.35 bits per heavy atom. The Balaban J connectivity index is 1.96. The van der Waals surface area contributed by atoms with Gasteiger partial charge in [-0.25, -0.2) is 4.98 Å². The molecule has 1 amide bonds. The number of nitrogens with zero attached hydrogens (tertiary/aromatic N) is 3. The average molecular weight is 281 g/mol. The zero-order chi connectivity index (χ0) is 14.6. The first kappa shape index (κ1) is 15.0. The molecule has 1 aromatic rings. The van der Waals surface area contributed by atoms with Crippen LogP contribution in [0.1, 0.15) is 26.2 Å². The predicted molar refractivity (Wildman–Crippen MR) is 73.9 cm³/mol. The fourth-order valence-electron chi connectivity index (χ4n) is 2.93. The van der Waals surface area contributed by atoms with E-state index in [1.165, 1.54) is 0 Å². The molecule has 2 heterocycles. The van der Waals surface area contributed by atoms with E-state index in [2.05, 4.69) is 4.98 Å². The van der Waals surface area contributed by atoms with E-state index in [-0.39, 0.29) is 19.1 Å². The second-order valence-corrected chi connectivity index (χ2v) is 5.61. The van der Waals surface area contributed by atoms with Crippen molar-refractivity contribution in [2.45, 2.75) is 38.8 Å². The summed E-state index contributed by atoms with van der Waals surface area (Å²) >= 11 is 0. The summed E-state index contributed by atoms with van der Waals surface area (Å²) < 4.78 is 1.72. The summed E-state index contributed by atoms with van der Waals surface area (Å²) in [7, 11) is 0. The van der Waals surface area contributed by atoms with Crippen molar-refractivity contribution >= 4 is 5.91 Å². The molecule has 0 bridgehead atoms. The number of aliphatic hydroxyl groups excluding tert-OH is 2. The molecule has 6 heteroatoms. The summed E-state index contributed by atoms with van der Waals surface area (Å²) in [5.41, 5.74) is -0.444. The molecule has 0 spiro atoms. The third-order valence-electron chi connectivity index (χ3n) is 4.27. The Kier molecular flexibility index (Phi) is 4.77. The molecule has 2 atom stereocenters. The standard InChI is InChI=1S/C14H23N3O3/c1-2-3-14(10-18)4-6-17(8-12(14)19)13(20)9-16-7-5-15-11-16/h5,7,11-12,18-19H,2-4,6,8-10H2,1H3/t12-,14-/m1/s1. The topological polar surface area (TPSA) is 78.6 Å². The van der Waals surface area contributed by atoms with Crippen LogP contribution in [0.25, 0.3) is 0 Å². The lowest BCUT2D eigenvalue weighted by atomic mass is 9.73. The highest BCUT2D eigenvalue weighted by atomic mass is 16.3. The van der Waals surface area contributed by atoms with Crippen LogP contribution >= 0.6 is 0 Å². The minimum absolute atomic E-state index is 0.0223. The minimum atomic E-state index is -0.659. The van der Waals surface area contributed by atoms with Crippen LogP contribution in [-0.2, 0) is 11.3 Å². The van der Waals surface area contributed by atoms with Gasteiger partial charge in [-0.15, -0.1) is 0 Å². The summed E-state index contributed by atoms with van der Waals surface area (Å²) in [4.78, 5) is 17.8. The van der Waals surface area contributed by atoms with Crippen molar-refractivity contribution in [3.05, 3.63) is 18.7 Å². The summed E-state index contributed by atoms with van der Waals surface area (Å²) in [5.74, 6) is -0.0231. The normalized spacial score (nSPS) is 26.8. The fraction of sp³-hybridized carbons (Fsp3) is 0.714. The van der Waals surface area contributed by atoms with Gasteiger partial charge in [0.05, 0.1) is 19.0 Å². The van der Waals surface area contributed by atoms with E-state index in [1.54, 1.807) is 28.2 Å². The van der Waals surface area contributed by atoms with Crippen LogP contribution in [0.2, 0.25) is 0 Å². The fourth-order valence-corrected chi connectivity index (χ4v) is 2.93. The molecule has 0 radical (unpaired) electrons. The molecule has 1 saturated heterocycles. The molecular formula is C14H23N3O3. The molecule has 2 rings (SSSR count). The molecule has 0 unspecified atom stereocenters. The Morgan fingerprint density at radius 3 is 2.90 bits per heavy atom. The lowest BCUT2D eigenvalue weighted by Crippen LogP contribution is -2.54. The zero-order valence-electron chi connectivity index (χ0n) is 11.9. The van der Waals surface area contributed by atoms with E-state index in [1.807, 2.05) is 6.92 Å². The van der Waals surface area contributed by atoms with Gasteiger partial charge in [0, 0.05) is 30.9 Å². The lowest BCUT2D eigenvalue weighted by molar-refractivity contribution is -0.142. The molecule has 0 aliphatic carbocycles. The zero-order valence-corrected chi connectivity index (χ0v) is 11.9. The number of imidazole rings is 1. The molecule has 112 valence electrons. The van der Waals surface area contributed by atoms with Crippen LogP contribution in [0.4, 0.5) is 0 Å². The molecular weight excluding hydrogens is 258 g/mol. The number of carbonyl (C=O) groups excluding carboxylic acids is 1. The number of rotatable bonds is 5. The van der Waals surface area contributed by atoms with E-state index in [4.69, 9.17) is 0 Å². The first-order chi connectivity index (χ1) is 9.61. The monoisotopic (exact) mass is 281 g/mol. The van der Waals surface area contributed by atoms with E-state index in [9.17, 15) is 15.0 Å². The van der Waals surface area contributed by atoms with E-state index in [0.29, 0.717) is 19.5 Å². The van der Waals surface area contributed by atoms with Gasteiger partial charge in [-0.05, 0) is 12.8 Å². The lowest BCUT2D eigenvalue weighted by Gasteiger charge is -2.44. The molecule has 1 aromatic heterocycles. The maximum absolute atomic E-state index is 12.2. The van der Waals surface area contributed by atoms with Crippen LogP contribution in [0.5, 0.6) is 0 Å². The third kappa shape index (κ3) is 3.02. The van der Waals surface area contributed by atoms with Crippen LogP contribution in [0.3, 0.4) is 0 Å². The van der Waals surface area contributed by atoms with Crippen molar-refractivity contribution in [2.24, 2.45) is 5.41 Å². The van der Waals surface area contributed by atoms with Crippen LogP contribution in [-0.4, -0.2) is 56.4 Å². The second-order valence-electron chi connectivity index (χ2n) is 5.61. The smallest absolute Gasteiger partial charge is 0.242 e. The summed E-state index contributed by atoms with van der Waals surface area (Å²) in [6.45, 7) is 3.15. The summed E-state index contributed by atoms with van der Waals surface area (Å²) in [6.07, 6.45) is 6.67. The van der Waals surface area contributed by atoms with Gasteiger partial charge in [0.15, 0.2) is 0 Å². The maximum atomic E-state index is 12.2. The first-order valence-electron chi connectivity index (χ1n) is 7.14. The average Bonchev–Trinajstić information content (AvgIpc) is 2.94. The number of hydrogen-bond acceptors (Lipinski definition) is 4. The molecule has 20 heavy (non-hydrogen) atoms. The predicted octanol–water partition coefficient (Wildman–Crippen LogP) is 0.255. The highest BCUT2D eigenvalue weighted by molar-refractivity contribution is 5.76. The van der Waals surface area contributed by atoms with Gasteiger partial charge >= 0.3 is 0 Å². The molecule has 1 aliphatic heterocycles. The largest absolute Gasteiger partial charge is 0.396 e. The SMILES string of the molecule is CCC[C@]1(CO)CCN(C(=O)Cn2ccnc2)C[C@H]1O. The van der Waals surface area contributed by atoms with Crippen molar-refractivity contribution in [3.63, 3.8) is 0 Å². The Morgan fingerprint density at radius 1 is 1.55 bits per heavy atom. The molecule has 6 nitrogen and oxygen atoms in total. The number of amides is 1. The van der Waals surface area contributed by atoms with Gasteiger partial charge < -0.3 is 19.7 Å². The Labute approximate surface area is 119 Å². The van der Waals surface area contributed by atoms with Crippen molar-refractivity contribution in [1.82, 2.24) is 14.5 Å². The molecule has 0 aromatic carbocycles. The first-order valence-corrected chi connectivity index (χ1v) is 7.14. The van der Waals surface area contributed by atoms with Crippen LogP contribution in [0, 0.1) is 5.41 Å². The van der Waals surface area contributed by atoms with E-state index < -0.39 is 11.5 Å². The highest BCUT2D eigenvalue weighted by Crippen LogP contribution is 2.36. The van der Waals surface area contributed by atoms with Crippen molar-refractivity contribution in [1.29, 1.82) is 0 Å². The van der Waals surface area contributed by atoms with Crippen molar-refractivity contribution < 1.29 is 15.0 Å². The number of aliphatic hydroxyl groups is 2. The summed E-state index contributed by atoms with van der Waals surface area (Å²) in [6, 6.07) is 0. The number of aromatic nitrogens is 2. The number of likely N-dealkylation sites (tertiary alicyclic amines) is 1. The number of piperidine rings is 1. The highest BCUT2D eigenvalue weighted by Gasteiger charge is 2.42. The van der Waals surface area contributed by atoms with Crippen LogP contribution in [0.15, 0.2) is 18.7 Å². The number of carbonyl (C=O) groups is 1. The van der Waals surface area contributed by atoms with Crippen molar-refractivity contribution in [3.8, 4) is 0 Å². The van der Waals surface area contributed by atoms with Crippen molar-refractivity contribution in [2.75, 3.05) is 19.7 Å². The Hall–Kier alpha value is -1.40. The molecule has 1 fully saturated rings. The quantitative estimate of drug-likeness (QED) is 0.811. The molecule has 2 N–H and O–H groups in total. The number of hydrogen-bond donors (Lipinski definition) is 2. The Bertz CT molecular complexity index is 435. The molecule has 0 saturated carbocycles. The van der Waals surface area contributed by atoms with Gasteiger partial charge in [0.1, 0.15) is 6.54 Å². The van der Waals surface area contributed by atoms with Gasteiger partial charge in [-0.2, -0.15) is 0 Å². The van der Waals surface area contributed by atoms with Crippen LogP contribution < -0.4 is 0 Å². The number of β-amino-alcohol motifs (C(OH)–C–C–N with tert-alkyl or cyclic N) is 1. The van der Waals surface area contributed by atoms with Gasteiger partial charge in [0.2, 0.25) is 5.91 Å². The molecule has 1 aliphatic rings. The van der Waals surface area contributed by atoms with Gasteiger partial charge in [-0.1, -0.05) is 13.3 Å². The second kappa shape index (κ2) is 6.37. The maximum Gasteiger partial charge on any atom is 0.242 e. The minimum Gasteiger partial charge on any atom is -0.396 e. The third-order valence-corrected chi connectivity index (χ3v) is 4.27. The van der Waals surface area contributed by atoms with E-state index >= 15 is 0 Å². The van der Waals surface area contributed by atoms with Gasteiger partial charge in [-0.3, -0.25) is 4.79 Å². The summed E-state index contributed by atoms with van der Waals surface area (Å²) in [5, 5.41) is 19.9.